The van der Waals surface area contributed by atoms with E-state index in [-0.39, 0.29) is 0 Å². The Labute approximate surface area is 79.5 Å². The van der Waals surface area contributed by atoms with Crippen molar-refractivity contribution in [1.82, 2.24) is 10.2 Å². The lowest BCUT2D eigenvalue weighted by Gasteiger charge is -2.31. The Morgan fingerprint density at radius 3 is 3.31 bits per heavy atom. The first-order valence-corrected chi connectivity index (χ1v) is 5.13. The number of carbonyl (C=O) groups excluding carboxylic acids is 1. The summed E-state index contributed by atoms with van der Waals surface area (Å²) in [5.74, 6) is 0.815. The largest absolute Gasteiger partial charge is 0.348 e. The van der Waals surface area contributed by atoms with Crippen molar-refractivity contribution in [2.45, 2.75) is 19.3 Å². The van der Waals surface area contributed by atoms with Gasteiger partial charge in [-0.05, 0) is 25.3 Å². The molecule has 1 aliphatic carbocycles. The molecule has 2 aliphatic rings. The van der Waals surface area contributed by atoms with Crippen LogP contribution in [0.3, 0.4) is 0 Å². The van der Waals surface area contributed by atoms with Gasteiger partial charge in [0.15, 0.2) is 0 Å². The topological polar surface area (TPSA) is 32.3 Å². The zero-order valence-electron chi connectivity index (χ0n) is 8.25. The average molecular weight is 182 g/mol. The van der Waals surface area contributed by atoms with Crippen LogP contribution in [0.4, 0.5) is 0 Å². The highest BCUT2D eigenvalue weighted by atomic mass is 16.1. The molecule has 1 N–H and O–H groups in total. The number of amides is 1. The van der Waals surface area contributed by atoms with Crippen molar-refractivity contribution < 1.29 is 4.79 Å². The third-order valence-corrected chi connectivity index (χ3v) is 3.71. The van der Waals surface area contributed by atoms with Gasteiger partial charge in [0, 0.05) is 25.6 Å². The number of fused-ring (bicyclic) bond motifs is 1. The zero-order valence-corrected chi connectivity index (χ0v) is 8.25. The normalized spacial score (nSPS) is 37.5. The number of carbonyl (C=O) groups is 1. The van der Waals surface area contributed by atoms with Crippen molar-refractivity contribution in [3.8, 4) is 0 Å². The lowest BCUT2D eigenvalue weighted by atomic mass is 9.80. The Hall–Kier alpha value is -0.570. The van der Waals surface area contributed by atoms with E-state index in [4.69, 9.17) is 0 Å². The minimum atomic E-state index is 0.412. The van der Waals surface area contributed by atoms with Gasteiger partial charge in [0.05, 0.1) is 0 Å². The van der Waals surface area contributed by atoms with E-state index in [0.717, 1.165) is 32.0 Å². The number of nitrogens with one attached hydrogen (secondary N) is 1. The summed E-state index contributed by atoms with van der Waals surface area (Å²) in [5.41, 5.74) is 0.412. The van der Waals surface area contributed by atoms with Gasteiger partial charge in [-0.25, -0.2) is 0 Å². The first-order chi connectivity index (χ1) is 6.27. The summed E-state index contributed by atoms with van der Waals surface area (Å²) in [6.45, 7) is 3.21. The molecule has 1 saturated carbocycles. The molecule has 0 spiro atoms. The SMILES string of the molecule is CN(C=O)CC12CCCC1CNC2. The minimum Gasteiger partial charge on any atom is -0.348 e. The minimum absolute atomic E-state index is 0.412. The Bertz CT molecular complexity index is 195. The summed E-state index contributed by atoms with van der Waals surface area (Å²) in [4.78, 5) is 12.4. The van der Waals surface area contributed by atoms with E-state index in [9.17, 15) is 4.79 Å². The molecular weight excluding hydrogens is 164 g/mol. The maximum absolute atomic E-state index is 10.6. The van der Waals surface area contributed by atoms with Crippen LogP contribution in [-0.4, -0.2) is 38.0 Å². The molecule has 2 fully saturated rings. The third-order valence-electron chi connectivity index (χ3n) is 3.71. The molecule has 2 unspecified atom stereocenters. The van der Waals surface area contributed by atoms with Crippen molar-refractivity contribution in [3.05, 3.63) is 0 Å². The second kappa shape index (κ2) is 3.29. The van der Waals surface area contributed by atoms with Crippen LogP contribution in [0.25, 0.3) is 0 Å². The van der Waals surface area contributed by atoms with Gasteiger partial charge in [-0.2, -0.15) is 0 Å². The highest BCUT2D eigenvalue weighted by Crippen LogP contribution is 2.45. The molecule has 74 valence electrons. The van der Waals surface area contributed by atoms with E-state index in [1.165, 1.54) is 19.3 Å². The Morgan fingerprint density at radius 2 is 2.54 bits per heavy atom. The Kier molecular flexibility index (Phi) is 2.28. The molecular formula is C10H18N2O. The fourth-order valence-electron chi connectivity index (χ4n) is 3.06. The fourth-order valence-corrected chi connectivity index (χ4v) is 3.06. The van der Waals surface area contributed by atoms with Crippen LogP contribution >= 0.6 is 0 Å². The van der Waals surface area contributed by atoms with Crippen LogP contribution in [-0.2, 0) is 4.79 Å². The van der Waals surface area contributed by atoms with Crippen molar-refractivity contribution in [3.63, 3.8) is 0 Å². The molecule has 0 bridgehead atoms. The monoisotopic (exact) mass is 182 g/mol. The highest BCUT2D eigenvalue weighted by molar-refractivity contribution is 5.46. The number of nitrogens with zero attached hydrogens (tertiary/aromatic N) is 1. The molecule has 2 rings (SSSR count). The summed E-state index contributed by atoms with van der Waals surface area (Å²) in [5, 5.41) is 3.45. The summed E-state index contributed by atoms with van der Waals surface area (Å²) in [6, 6.07) is 0. The standard InChI is InChI=1S/C10H18N2O/c1-12(8-13)7-10-4-2-3-9(10)5-11-6-10/h8-9,11H,2-7H2,1H3. The van der Waals surface area contributed by atoms with Gasteiger partial charge in [-0.3, -0.25) is 4.79 Å². The van der Waals surface area contributed by atoms with E-state index in [1.54, 1.807) is 4.90 Å². The van der Waals surface area contributed by atoms with Crippen molar-refractivity contribution >= 4 is 6.41 Å². The average Bonchev–Trinajstić information content (AvgIpc) is 2.62. The van der Waals surface area contributed by atoms with Gasteiger partial charge in [0.1, 0.15) is 0 Å². The second-order valence-corrected chi connectivity index (χ2v) is 4.60. The molecule has 3 nitrogen and oxygen atoms in total. The van der Waals surface area contributed by atoms with Gasteiger partial charge in [0.25, 0.3) is 0 Å². The van der Waals surface area contributed by atoms with Crippen LogP contribution in [0.2, 0.25) is 0 Å². The molecule has 1 aliphatic heterocycles. The molecule has 0 aromatic rings. The van der Waals surface area contributed by atoms with Crippen molar-refractivity contribution in [1.29, 1.82) is 0 Å². The van der Waals surface area contributed by atoms with Crippen molar-refractivity contribution in [2.75, 3.05) is 26.7 Å². The van der Waals surface area contributed by atoms with Crippen LogP contribution in [0.1, 0.15) is 19.3 Å². The highest BCUT2D eigenvalue weighted by Gasteiger charge is 2.46. The number of hydrogen-bond acceptors (Lipinski definition) is 2. The van der Waals surface area contributed by atoms with Crippen molar-refractivity contribution in [2.24, 2.45) is 11.3 Å². The summed E-state index contributed by atoms with van der Waals surface area (Å²) in [7, 11) is 1.88. The predicted molar refractivity (Wildman–Crippen MR) is 51.3 cm³/mol. The van der Waals surface area contributed by atoms with Gasteiger partial charge in [0.2, 0.25) is 6.41 Å². The van der Waals surface area contributed by atoms with E-state index < -0.39 is 0 Å². The second-order valence-electron chi connectivity index (χ2n) is 4.60. The van der Waals surface area contributed by atoms with E-state index in [0.29, 0.717) is 5.41 Å². The van der Waals surface area contributed by atoms with Crippen LogP contribution in [0.5, 0.6) is 0 Å². The lowest BCUT2D eigenvalue weighted by Crippen LogP contribution is -2.38. The van der Waals surface area contributed by atoms with Gasteiger partial charge in [-0.15, -0.1) is 0 Å². The summed E-state index contributed by atoms with van der Waals surface area (Å²) in [6.07, 6.45) is 4.93. The lowest BCUT2D eigenvalue weighted by molar-refractivity contribution is -0.118. The van der Waals surface area contributed by atoms with Crippen LogP contribution in [0, 0.1) is 11.3 Å². The Morgan fingerprint density at radius 1 is 1.69 bits per heavy atom. The van der Waals surface area contributed by atoms with Gasteiger partial charge >= 0.3 is 0 Å². The predicted octanol–water partition coefficient (Wildman–Crippen LogP) is 0.464. The molecule has 1 heterocycles. The van der Waals surface area contributed by atoms with Crippen LogP contribution in [0.15, 0.2) is 0 Å². The fraction of sp³-hybridized carbons (Fsp3) is 0.900. The molecule has 0 aromatic heterocycles. The molecule has 2 atom stereocenters. The first kappa shape index (κ1) is 9.00. The zero-order chi connectivity index (χ0) is 9.31. The first-order valence-electron chi connectivity index (χ1n) is 5.13. The molecule has 3 heteroatoms. The summed E-state index contributed by atoms with van der Waals surface area (Å²) >= 11 is 0. The quantitative estimate of drug-likeness (QED) is 0.643. The Balaban J connectivity index is 2.04. The van der Waals surface area contributed by atoms with Gasteiger partial charge in [-0.1, -0.05) is 6.42 Å². The number of rotatable bonds is 3. The number of hydrogen-bond donors (Lipinski definition) is 1. The molecule has 1 saturated heterocycles. The molecule has 1 amide bonds. The summed E-state index contributed by atoms with van der Waals surface area (Å²) < 4.78 is 0. The molecule has 0 radical (unpaired) electrons. The molecule has 13 heavy (non-hydrogen) atoms. The van der Waals surface area contributed by atoms with Gasteiger partial charge < -0.3 is 10.2 Å². The smallest absolute Gasteiger partial charge is 0.209 e. The maximum Gasteiger partial charge on any atom is 0.209 e. The van der Waals surface area contributed by atoms with E-state index in [1.807, 2.05) is 7.05 Å². The van der Waals surface area contributed by atoms with Crippen LogP contribution < -0.4 is 5.32 Å². The molecule has 0 aromatic carbocycles. The van der Waals surface area contributed by atoms with E-state index in [2.05, 4.69) is 5.32 Å². The van der Waals surface area contributed by atoms with E-state index >= 15 is 0 Å². The maximum atomic E-state index is 10.6. The third kappa shape index (κ3) is 1.46.